The lowest BCUT2D eigenvalue weighted by molar-refractivity contribution is -0.118. The van der Waals surface area contributed by atoms with Gasteiger partial charge in [0, 0.05) is 78.1 Å². The minimum absolute atomic E-state index is 0.175. The summed E-state index contributed by atoms with van der Waals surface area (Å²) < 4.78 is 17.7. The Morgan fingerprint density at radius 3 is 2.78 bits per heavy atom. The molecule has 46 heavy (non-hydrogen) atoms. The highest BCUT2D eigenvalue weighted by Crippen LogP contribution is 2.42. The molecule has 3 aliphatic heterocycles. The first-order valence-electron chi connectivity index (χ1n) is 15.6. The number of fused-ring (bicyclic) bond motifs is 2. The van der Waals surface area contributed by atoms with Gasteiger partial charge >= 0.3 is 0 Å². The van der Waals surface area contributed by atoms with Gasteiger partial charge < -0.3 is 14.4 Å². The number of likely N-dealkylation sites (tertiary alicyclic amines) is 1. The van der Waals surface area contributed by atoms with Gasteiger partial charge in [0.1, 0.15) is 11.7 Å². The van der Waals surface area contributed by atoms with Gasteiger partial charge in [0.05, 0.1) is 28.6 Å². The van der Waals surface area contributed by atoms with E-state index in [1.165, 1.54) is 47.6 Å². The minimum Gasteiger partial charge on any atom is -0.371 e. The molecule has 0 bridgehead atoms. The molecule has 238 valence electrons. The first-order chi connectivity index (χ1) is 22.3. The standard InChI is InChI=1S/C33H33Cl2FN8OS/c1-2-41-16-33(17-41)8-3-10-42(18-33)22-6-4-20(5-7-22)23-13-25(34)24-15-44(40-28(24)27(23)35)30(31(45)39-32-37-9-11-46-32)29-26-12-21(36)14-43(26)19-38-29/h4-7,9,11,13,15,19,21,30H,2-3,8,10,12,14,16-18H2,1H3,(H,37,39,45)/t21-,30?/m1/s1. The smallest absolute Gasteiger partial charge is 0.257 e. The first-order valence-corrected chi connectivity index (χ1v) is 17.3. The summed E-state index contributed by atoms with van der Waals surface area (Å²) in [4.78, 5) is 27.5. The Labute approximate surface area is 279 Å². The molecule has 9 nitrogen and oxygen atoms in total. The zero-order valence-corrected chi connectivity index (χ0v) is 27.6. The van der Waals surface area contributed by atoms with Crippen LogP contribution in [0.4, 0.5) is 15.2 Å². The maximum absolute atomic E-state index is 14.4. The average Bonchev–Trinajstić information content (AvgIpc) is 3.85. The molecule has 6 heterocycles. The van der Waals surface area contributed by atoms with Crippen molar-refractivity contribution >= 4 is 62.2 Å². The van der Waals surface area contributed by atoms with Gasteiger partial charge in [0.2, 0.25) is 0 Å². The molecule has 0 saturated carbocycles. The van der Waals surface area contributed by atoms with E-state index in [1.807, 2.05) is 6.07 Å². The van der Waals surface area contributed by atoms with Crippen LogP contribution in [-0.2, 0) is 17.8 Å². The second-order valence-corrected chi connectivity index (χ2v) is 14.4. The monoisotopic (exact) mass is 678 g/mol. The average molecular weight is 680 g/mol. The number of nitrogens with one attached hydrogen (secondary N) is 1. The zero-order valence-electron chi connectivity index (χ0n) is 25.3. The Bertz CT molecular complexity index is 1920. The molecule has 0 aliphatic carbocycles. The topological polar surface area (TPSA) is 84.1 Å². The molecule has 2 saturated heterocycles. The molecule has 2 fully saturated rings. The van der Waals surface area contributed by atoms with Gasteiger partial charge in [-0.2, -0.15) is 5.10 Å². The number of thiazole rings is 1. The van der Waals surface area contributed by atoms with E-state index in [0.29, 0.717) is 42.9 Å². The van der Waals surface area contributed by atoms with Crippen LogP contribution in [0.15, 0.2) is 54.4 Å². The summed E-state index contributed by atoms with van der Waals surface area (Å²) in [6.45, 7) is 8.08. The van der Waals surface area contributed by atoms with E-state index in [0.717, 1.165) is 30.8 Å². The fourth-order valence-electron chi connectivity index (χ4n) is 7.48. The second kappa shape index (κ2) is 11.6. The molecule has 5 aromatic rings. The number of rotatable bonds is 7. The molecule has 13 heteroatoms. The van der Waals surface area contributed by atoms with E-state index in [9.17, 15) is 9.18 Å². The molecule has 3 aliphatic rings. The van der Waals surface area contributed by atoms with Crippen LogP contribution in [0.1, 0.15) is 37.2 Å². The van der Waals surface area contributed by atoms with Crippen LogP contribution in [0.5, 0.6) is 0 Å². The number of aromatic nitrogens is 5. The van der Waals surface area contributed by atoms with Crippen molar-refractivity contribution in [3.05, 3.63) is 75.9 Å². The number of anilines is 2. The number of amides is 1. The summed E-state index contributed by atoms with van der Waals surface area (Å²) in [6.07, 6.45) is 6.55. The van der Waals surface area contributed by atoms with Gasteiger partial charge in [0.25, 0.3) is 5.91 Å². The van der Waals surface area contributed by atoms with Crippen molar-refractivity contribution in [3.63, 3.8) is 0 Å². The summed E-state index contributed by atoms with van der Waals surface area (Å²) in [5.41, 5.74) is 4.89. The van der Waals surface area contributed by atoms with E-state index in [4.69, 9.17) is 28.3 Å². The number of alkyl halides is 1. The van der Waals surface area contributed by atoms with Gasteiger partial charge in [0.15, 0.2) is 11.2 Å². The van der Waals surface area contributed by atoms with Crippen molar-refractivity contribution < 1.29 is 9.18 Å². The van der Waals surface area contributed by atoms with Crippen LogP contribution in [0, 0.1) is 5.41 Å². The number of carbonyl (C=O) groups excluding carboxylic acids is 1. The Morgan fingerprint density at radius 2 is 2.02 bits per heavy atom. The molecule has 1 spiro atoms. The number of piperidine rings is 1. The minimum atomic E-state index is -1.03. The van der Waals surface area contributed by atoms with E-state index < -0.39 is 18.1 Å². The lowest BCUT2D eigenvalue weighted by atomic mass is 9.73. The third kappa shape index (κ3) is 5.17. The van der Waals surface area contributed by atoms with Crippen molar-refractivity contribution in [1.82, 2.24) is 29.2 Å². The molecule has 1 N–H and O–H groups in total. The molecule has 3 aromatic heterocycles. The van der Waals surface area contributed by atoms with Crippen molar-refractivity contribution in [3.8, 4) is 11.1 Å². The lowest BCUT2D eigenvalue weighted by Gasteiger charge is -2.55. The predicted octanol–water partition coefficient (Wildman–Crippen LogP) is 6.71. The van der Waals surface area contributed by atoms with Crippen molar-refractivity contribution in [2.45, 2.75) is 44.9 Å². The van der Waals surface area contributed by atoms with Gasteiger partial charge in [-0.05, 0) is 43.1 Å². The molecule has 8 rings (SSSR count). The van der Waals surface area contributed by atoms with Crippen molar-refractivity contribution in [2.24, 2.45) is 5.41 Å². The highest BCUT2D eigenvalue weighted by molar-refractivity contribution is 7.13. The fourth-order valence-corrected chi connectivity index (χ4v) is 8.56. The number of hydrogen-bond acceptors (Lipinski definition) is 7. The van der Waals surface area contributed by atoms with Crippen molar-refractivity contribution in [2.75, 3.05) is 42.9 Å². The summed E-state index contributed by atoms with van der Waals surface area (Å²) in [6, 6.07) is 9.36. The fraction of sp³-hybridized carbons (Fsp3) is 0.394. The van der Waals surface area contributed by atoms with E-state index in [2.05, 4.69) is 56.3 Å². The number of benzene rings is 2. The van der Waals surface area contributed by atoms with E-state index in [-0.39, 0.29) is 13.0 Å². The first kappa shape index (κ1) is 29.9. The Hall–Kier alpha value is -3.51. The summed E-state index contributed by atoms with van der Waals surface area (Å²) >= 11 is 15.2. The maximum Gasteiger partial charge on any atom is 0.257 e. The maximum atomic E-state index is 14.4. The Balaban J connectivity index is 1.12. The molecule has 0 radical (unpaired) electrons. The van der Waals surface area contributed by atoms with Crippen LogP contribution < -0.4 is 10.2 Å². The molecule has 1 unspecified atom stereocenters. The van der Waals surface area contributed by atoms with Crippen LogP contribution in [0.25, 0.3) is 22.0 Å². The molecular formula is C33H33Cl2FN8OS. The highest BCUT2D eigenvalue weighted by Gasteiger charge is 2.45. The zero-order chi connectivity index (χ0) is 31.6. The van der Waals surface area contributed by atoms with E-state index in [1.54, 1.807) is 28.7 Å². The summed E-state index contributed by atoms with van der Waals surface area (Å²) in [5.74, 6) is -0.390. The van der Waals surface area contributed by atoms with E-state index >= 15 is 0 Å². The third-order valence-corrected chi connectivity index (χ3v) is 11.1. The number of nitrogens with zero attached hydrogens (tertiary/aromatic N) is 7. The summed E-state index contributed by atoms with van der Waals surface area (Å²) in [5, 5.41) is 11.4. The Morgan fingerprint density at radius 1 is 1.20 bits per heavy atom. The Kier molecular flexibility index (Phi) is 7.55. The van der Waals surface area contributed by atoms with Crippen LogP contribution in [0.2, 0.25) is 10.0 Å². The van der Waals surface area contributed by atoms with Crippen LogP contribution in [-0.4, -0.2) is 74.0 Å². The highest BCUT2D eigenvalue weighted by atomic mass is 35.5. The second-order valence-electron chi connectivity index (χ2n) is 12.7. The number of carbonyl (C=O) groups is 1. The molecular weight excluding hydrogens is 646 g/mol. The molecule has 2 aromatic carbocycles. The SMILES string of the molecule is CCN1CC2(CCCN(c3ccc(-c4cc(Cl)c5cn(C(C(=O)Nc6nccs6)c6ncn7c6C[C@@H](F)C7)nc5c4Cl)cc3)C2)C1. The van der Waals surface area contributed by atoms with Crippen molar-refractivity contribution in [1.29, 1.82) is 0 Å². The number of hydrogen-bond donors (Lipinski definition) is 1. The normalized spacial score (nSPS) is 19.8. The largest absolute Gasteiger partial charge is 0.371 e. The predicted molar refractivity (Wildman–Crippen MR) is 181 cm³/mol. The number of halogens is 3. The lowest BCUT2D eigenvalue weighted by Crippen LogP contribution is -2.62. The van der Waals surface area contributed by atoms with Crippen LogP contribution in [0.3, 0.4) is 0 Å². The molecule has 1 amide bonds. The van der Waals surface area contributed by atoms with Gasteiger partial charge in [-0.3, -0.25) is 14.8 Å². The molecule has 2 atom stereocenters. The van der Waals surface area contributed by atoms with Gasteiger partial charge in [-0.15, -0.1) is 11.3 Å². The van der Waals surface area contributed by atoms with Gasteiger partial charge in [-0.1, -0.05) is 42.3 Å². The van der Waals surface area contributed by atoms with Gasteiger partial charge in [-0.25, -0.2) is 14.4 Å². The quantitative estimate of drug-likeness (QED) is 0.206. The number of imidazole rings is 1. The summed E-state index contributed by atoms with van der Waals surface area (Å²) in [7, 11) is 0. The third-order valence-electron chi connectivity index (χ3n) is 9.70. The van der Waals surface area contributed by atoms with Crippen LogP contribution >= 0.6 is 34.5 Å².